The molecule has 0 aromatic heterocycles. The van der Waals surface area contributed by atoms with Crippen LogP contribution in [0.15, 0.2) is 53.9 Å². The molecule has 0 unspecified atom stereocenters. The first kappa shape index (κ1) is 22.3. The van der Waals surface area contributed by atoms with E-state index in [4.69, 9.17) is 4.74 Å². The first-order valence-electron chi connectivity index (χ1n) is 8.65. The molecule has 0 fully saturated rings. The van der Waals surface area contributed by atoms with E-state index in [1.165, 1.54) is 37.3 Å². The largest absolute Gasteiger partial charge is 0.452 e. The maximum absolute atomic E-state index is 12.9. The van der Waals surface area contributed by atoms with Gasteiger partial charge in [-0.1, -0.05) is 29.8 Å². The van der Waals surface area contributed by atoms with Crippen LogP contribution in [-0.4, -0.2) is 32.9 Å². The Bertz CT molecular complexity index is 987. The molecule has 2 aromatic rings. The molecular formula is C20H21FN2O5S. The van der Waals surface area contributed by atoms with Crippen LogP contribution in [0.5, 0.6) is 0 Å². The van der Waals surface area contributed by atoms with Crippen LogP contribution >= 0.6 is 0 Å². The number of benzene rings is 2. The number of anilines is 1. The van der Waals surface area contributed by atoms with Crippen LogP contribution in [0.3, 0.4) is 0 Å². The number of halogens is 1. The van der Waals surface area contributed by atoms with Crippen molar-refractivity contribution in [2.24, 2.45) is 0 Å². The first-order chi connectivity index (χ1) is 13.6. The summed E-state index contributed by atoms with van der Waals surface area (Å²) >= 11 is 0. The van der Waals surface area contributed by atoms with E-state index in [9.17, 15) is 22.4 Å². The van der Waals surface area contributed by atoms with Gasteiger partial charge < -0.3 is 10.1 Å². The number of aryl methyl sites for hydroxylation is 1. The Hall–Kier alpha value is -3.04. The Morgan fingerprint density at radius 3 is 2.34 bits per heavy atom. The van der Waals surface area contributed by atoms with Gasteiger partial charge in [0.2, 0.25) is 10.0 Å². The van der Waals surface area contributed by atoms with Gasteiger partial charge >= 0.3 is 5.97 Å². The molecule has 2 aromatic carbocycles. The predicted molar refractivity (Wildman–Crippen MR) is 108 cm³/mol. The minimum absolute atomic E-state index is 0.334. The van der Waals surface area contributed by atoms with Crippen molar-refractivity contribution in [3.05, 3.63) is 70.9 Å². The van der Waals surface area contributed by atoms with Gasteiger partial charge in [-0.25, -0.2) is 17.5 Å². The van der Waals surface area contributed by atoms with Gasteiger partial charge in [0.1, 0.15) is 12.4 Å². The second-order valence-corrected chi connectivity index (χ2v) is 7.86. The second-order valence-electron chi connectivity index (χ2n) is 6.21. The van der Waals surface area contributed by atoms with Crippen molar-refractivity contribution in [3.8, 4) is 0 Å². The highest BCUT2D eigenvalue weighted by molar-refractivity contribution is 7.92. The minimum Gasteiger partial charge on any atom is -0.452 e. The maximum Gasteiger partial charge on any atom is 0.321 e. The van der Waals surface area contributed by atoms with Crippen LogP contribution in [0.2, 0.25) is 0 Å². The quantitative estimate of drug-likeness (QED) is 0.639. The molecule has 0 aliphatic carbocycles. The van der Waals surface area contributed by atoms with Gasteiger partial charge in [-0.3, -0.25) is 9.59 Å². The summed E-state index contributed by atoms with van der Waals surface area (Å²) in [6.07, 6.45) is 0.228. The molecular weight excluding hydrogens is 399 g/mol. The van der Waals surface area contributed by atoms with Crippen molar-refractivity contribution < 1.29 is 27.1 Å². The van der Waals surface area contributed by atoms with Crippen molar-refractivity contribution in [2.45, 2.75) is 20.0 Å². The zero-order valence-electron chi connectivity index (χ0n) is 15.9. The van der Waals surface area contributed by atoms with Crippen LogP contribution in [0.25, 0.3) is 6.08 Å². The number of ether oxygens (including phenoxy) is 1. The van der Waals surface area contributed by atoms with E-state index in [2.05, 4.69) is 10.0 Å². The molecule has 0 bridgehead atoms. The Balaban J connectivity index is 1.82. The van der Waals surface area contributed by atoms with E-state index >= 15 is 0 Å². The van der Waals surface area contributed by atoms with Crippen LogP contribution in [0.1, 0.15) is 18.1 Å². The van der Waals surface area contributed by atoms with Gasteiger partial charge in [0, 0.05) is 11.1 Å². The Morgan fingerprint density at radius 2 is 1.72 bits per heavy atom. The molecule has 0 spiro atoms. The molecule has 0 heterocycles. The lowest BCUT2D eigenvalue weighted by atomic mass is 10.2. The molecule has 7 nitrogen and oxygen atoms in total. The fourth-order valence-corrected chi connectivity index (χ4v) is 2.87. The average Bonchev–Trinajstić information content (AvgIpc) is 2.68. The standard InChI is InChI=1S/C20H21FN2O5S/c1-14-3-5-16(6-4-14)11-12-29(26,27)22-13-19(24)28-15(2)20(25)23-18-9-7-17(21)8-10-18/h3-12,15,22H,13H2,1-2H3,(H,23,25)/b12-11+/t15-/m1/s1. The van der Waals surface area contributed by atoms with E-state index in [1.807, 2.05) is 19.1 Å². The zero-order valence-corrected chi connectivity index (χ0v) is 16.7. The predicted octanol–water partition coefficient (Wildman–Crippen LogP) is 2.59. The molecule has 1 amide bonds. The van der Waals surface area contributed by atoms with Crippen molar-refractivity contribution in [2.75, 3.05) is 11.9 Å². The summed E-state index contributed by atoms with van der Waals surface area (Å²) in [5, 5.41) is 3.40. The van der Waals surface area contributed by atoms with Crippen LogP contribution in [0.4, 0.5) is 10.1 Å². The summed E-state index contributed by atoms with van der Waals surface area (Å²) in [6.45, 7) is 2.62. The van der Waals surface area contributed by atoms with E-state index in [0.29, 0.717) is 11.3 Å². The Kier molecular flexibility index (Phi) is 7.63. The number of esters is 1. The average molecular weight is 420 g/mol. The number of hydrogen-bond donors (Lipinski definition) is 2. The lowest BCUT2D eigenvalue weighted by Gasteiger charge is -2.13. The molecule has 9 heteroatoms. The van der Waals surface area contributed by atoms with Gasteiger partial charge in [0.25, 0.3) is 5.91 Å². The van der Waals surface area contributed by atoms with E-state index in [-0.39, 0.29) is 0 Å². The highest BCUT2D eigenvalue weighted by Crippen LogP contribution is 2.09. The van der Waals surface area contributed by atoms with Crippen molar-refractivity contribution in [3.63, 3.8) is 0 Å². The molecule has 2 N–H and O–H groups in total. The molecule has 0 aliphatic rings. The lowest BCUT2D eigenvalue weighted by Crippen LogP contribution is -2.35. The third kappa shape index (κ3) is 7.84. The molecule has 0 saturated heterocycles. The summed E-state index contributed by atoms with van der Waals surface area (Å²) in [5.41, 5.74) is 2.07. The second kappa shape index (κ2) is 9.94. The summed E-state index contributed by atoms with van der Waals surface area (Å²) in [4.78, 5) is 23.8. The monoisotopic (exact) mass is 420 g/mol. The maximum atomic E-state index is 12.9. The smallest absolute Gasteiger partial charge is 0.321 e. The first-order valence-corrected chi connectivity index (χ1v) is 10.2. The highest BCUT2D eigenvalue weighted by Gasteiger charge is 2.19. The normalized spacial score (nSPS) is 12.5. The third-order valence-corrected chi connectivity index (χ3v) is 4.76. The van der Waals surface area contributed by atoms with Crippen LogP contribution < -0.4 is 10.0 Å². The Morgan fingerprint density at radius 1 is 1.10 bits per heavy atom. The number of amides is 1. The van der Waals surface area contributed by atoms with Crippen LogP contribution in [-0.2, 0) is 24.3 Å². The summed E-state index contributed by atoms with van der Waals surface area (Å²) in [5.74, 6) is -2.00. The number of nitrogens with one attached hydrogen (secondary N) is 2. The minimum atomic E-state index is -3.86. The van der Waals surface area contributed by atoms with Gasteiger partial charge in [-0.2, -0.15) is 0 Å². The lowest BCUT2D eigenvalue weighted by molar-refractivity contribution is -0.151. The number of sulfonamides is 1. The molecule has 29 heavy (non-hydrogen) atoms. The molecule has 154 valence electrons. The molecule has 0 radical (unpaired) electrons. The van der Waals surface area contributed by atoms with Gasteiger partial charge in [-0.05, 0) is 49.8 Å². The van der Waals surface area contributed by atoms with Crippen molar-refractivity contribution in [1.82, 2.24) is 4.72 Å². The fourth-order valence-electron chi connectivity index (χ4n) is 2.12. The SMILES string of the molecule is Cc1ccc(/C=C/S(=O)(=O)NCC(=O)O[C@H](C)C(=O)Nc2ccc(F)cc2)cc1. The summed E-state index contributed by atoms with van der Waals surface area (Å²) in [6, 6.07) is 12.3. The third-order valence-electron chi connectivity index (χ3n) is 3.72. The van der Waals surface area contributed by atoms with Gasteiger partial charge in [0.05, 0.1) is 0 Å². The number of carbonyl (C=O) groups excluding carboxylic acids is 2. The van der Waals surface area contributed by atoms with Gasteiger partial charge in [0.15, 0.2) is 6.10 Å². The molecule has 0 aliphatic heterocycles. The number of hydrogen-bond acceptors (Lipinski definition) is 5. The number of rotatable bonds is 8. The van der Waals surface area contributed by atoms with Crippen LogP contribution in [0, 0.1) is 12.7 Å². The number of carbonyl (C=O) groups is 2. The Labute approximate surface area is 168 Å². The van der Waals surface area contributed by atoms with Gasteiger partial charge in [-0.15, -0.1) is 0 Å². The van der Waals surface area contributed by atoms with Crippen molar-refractivity contribution >= 4 is 33.7 Å². The van der Waals surface area contributed by atoms with Crippen molar-refractivity contribution in [1.29, 1.82) is 0 Å². The summed E-state index contributed by atoms with van der Waals surface area (Å²) < 4.78 is 43.7. The summed E-state index contributed by atoms with van der Waals surface area (Å²) in [7, 11) is -3.86. The van der Waals surface area contributed by atoms with E-state index < -0.39 is 40.4 Å². The highest BCUT2D eigenvalue weighted by atomic mass is 32.2. The molecule has 0 saturated carbocycles. The molecule has 1 atom stereocenters. The van der Waals surface area contributed by atoms with E-state index in [1.54, 1.807) is 12.1 Å². The fraction of sp³-hybridized carbons (Fsp3) is 0.200. The van der Waals surface area contributed by atoms with E-state index in [0.717, 1.165) is 11.0 Å². The topological polar surface area (TPSA) is 102 Å². The molecule has 2 rings (SSSR count). The zero-order chi connectivity index (χ0) is 21.4.